The van der Waals surface area contributed by atoms with Gasteiger partial charge in [0.05, 0.1) is 0 Å². The number of halogens is 1. The Kier molecular flexibility index (Phi) is 6.17. The second-order valence-corrected chi connectivity index (χ2v) is 4.84. The van der Waals surface area contributed by atoms with Crippen LogP contribution < -0.4 is 11.1 Å². The molecule has 0 aromatic rings. The predicted octanol–water partition coefficient (Wildman–Crippen LogP) is 1.67. The number of alkyl carbamates (subject to hydrolysis) is 1. The van der Waals surface area contributed by atoms with E-state index in [1.54, 1.807) is 0 Å². The minimum Gasteiger partial charge on any atom is -0.444 e. The van der Waals surface area contributed by atoms with Gasteiger partial charge in [0.25, 0.3) is 0 Å². The quantitative estimate of drug-likeness (QED) is 0.750. The molecule has 0 spiro atoms. The Morgan fingerprint density at radius 1 is 1.29 bits per heavy atom. The van der Waals surface area contributed by atoms with Crippen molar-refractivity contribution in [1.82, 2.24) is 5.32 Å². The first kappa shape index (κ1) is 16.0. The SMILES string of the molecule is CC(C)(N)CNC(=O)OC(C)(C)C.Cl. The molecular formula is C9H21ClN2O2. The van der Waals surface area contributed by atoms with Gasteiger partial charge in [-0.2, -0.15) is 0 Å². The van der Waals surface area contributed by atoms with E-state index in [0.29, 0.717) is 6.54 Å². The lowest BCUT2D eigenvalue weighted by Gasteiger charge is -2.23. The van der Waals surface area contributed by atoms with E-state index in [1.165, 1.54) is 0 Å². The van der Waals surface area contributed by atoms with Gasteiger partial charge in [0, 0.05) is 12.1 Å². The first-order valence-corrected chi connectivity index (χ1v) is 4.36. The van der Waals surface area contributed by atoms with Crippen molar-refractivity contribution in [1.29, 1.82) is 0 Å². The molecule has 0 fully saturated rings. The van der Waals surface area contributed by atoms with Crippen LogP contribution in [0.15, 0.2) is 0 Å². The molecule has 3 N–H and O–H groups in total. The Bertz CT molecular complexity index is 182. The molecule has 4 nitrogen and oxygen atoms in total. The van der Waals surface area contributed by atoms with Crippen molar-refractivity contribution >= 4 is 18.5 Å². The third-order valence-corrected chi connectivity index (χ3v) is 1.09. The summed E-state index contributed by atoms with van der Waals surface area (Å²) in [5.41, 5.74) is 4.82. The van der Waals surface area contributed by atoms with Gasteiger partial charge >= 0.3 is 6.09 Å². The normalized spacial score (nSPS) is 11.6. The summed E-state index contributed by atoms with van der Waals surface area (Å²) in [6.45, 7) is 9.54. The van der Waals surface area contributed by atoms with Gasteiger partial charge in [-0.1, -0.05) is 0 Å². The maximum absolute atomic E-state index is 11.1. The van der Waals surface area contributed by atoms with Gasteiger partial charge in [0.15, 0.2) is 0 Å². The highest BCUT2D eigenvalue weighted by Gasteiger charge is 2.18. The van der Waals surface area contributed by atoms with E-state index in [2.05, 4.69) is 5.32 Å². The number of rotatable bonds is 2. The summed E-state index contributed by atoms with van der Waals surface area (Å²) in [5, 5.41) is 2.59. The van der Waals surface area contributed by atoms with Crippen LogP contribution in [0, 0.1) is 0 Å². The van der Waals surface area contributed by atoms with Gasteiger partial charge in [0.1, 0.15) is 5.60 Å². The second kappa shape index (κ2) is 5.41. The van der Waals surface area contributed by atoms with Crippen LogP contribution in [-0.4, -0.2) is 23.8 Å². The molecule has 86 valence electrons. The highest BCUT2D eigenvalue weighted by Crippen LogP contribution is 2.06. The van der Waals surface area contributed by atoms with Crippen molar-refractivity contribution in [2.75, 3.05) is 6.54 Å². The second-order valence-electron chi connectivity index (χ2n) is 4.84. The summed E-state index contributed by atoms with van der Waals surface area (Å²) < 4.78 is 5.03. The number of ether oxygens (including phenoxy) is 1. The molecule has 0 saturated heterocycles. The van der Waals surface area contributed by atoms with Gasteiger partial charge in [-0.05, 0) is 34.6 Å². The van der Waals surface area contributed by atoms with Gasteiger partial charge in [-0.3, -0.25) is 0 Å². The number of carbonyl (C=O) groups excluding carboxylic acids is 1. The van der Waals surface area contributed by atoms with Crippen molar-refractivity contribution in [3.8, 4) is 0 Å². The fourth-order valence-electron chi connectivity index (χ4n) is 0.614. The monoisotopic (exact) mass is 224 g/mol. The molecule has 5 heteroatoms. The molecule has 0 aliphatic heterocycles. The van der Waals surface area contributed by atoms with Crippen molar-refractivity contribution in [3.05, 3.63) is 0 Å². The van der Waals surface area contributed by atoms with Crippen LogP contribution in [0.5, 0.6) is 0 Å². The molecule has 0 aromatic carbocycles. The molecule has 0 unspecified atom stereocenters. The van der Waals surface area contributed by atoms with Crippen molar-refractivity contribution in [2.24, 2.45) is 5.73 Å². The van der Waals surface area contributed by atoms with Crippen molar-refractivity contribution < 1.29 is 9.53 Å². The molecule has 14 heavy (non-hydrogen) atoms. The summed E-state index contributed by atoms with van der Waals surface area (Å²) in [6, 6.07) is 0. The van der Waals surface area contributed by atoms with Crippen molar-refractivity contribution in [2.45, 2.75) is 45.8 Å². The number of carbonyl (C=O) groups is 1. The summed E-state index contributed by atoms with van der Waals surface area (Å²) in [7, 11) is 0. The predicted molar refractivity (Wildman–Crippen MR) is 59.8 cm³/mol. The highest BCUT2D eigenvalue weighted by molar-refractivity contribution is 5.85. The topological polar surface area (TPSA) is 64.3 Å². The smallest absolute Gasteiger partial charge is 0.407 e. The van der Waals surface area contributed by atoms with Crippen LogP contribution in [0.1, 0.15) is 34.6 Å². The lowest BCUT2D eigenvalue weighted by molar-refractivity contribution is 0.0518. The molecule has 1 amide bonds. The lowest BCUT2D eigenvalue weighted by Crippen LogP contribution is -2.46. The highest BCUT2D eigenvalue weighted by atomic mass is 35.5. The number of nitrogens with two attached hydrogens (primary N) is 1. The largest absolute Gasteiger partial charge is 0.444 e. The van der Waals surface area contributed by atoms with Crippen LogP contribution in [0.2, 0.25) is 0 Å². The molecule has 0 radical (unpaired) electrons. The van der Waals surface area contributed by atoms with Gasteiger partial charge < -0.3 is 15.8 Å². The summed E-state index contributed by atoms with van der Waals surface area (Å²) in [5.74, 6) is 0. The van der Waals surface area contributed by atoms with E-state index in [4.69, 9.17) is 10.5 Å². The Hall–Kier alpha value is -0.480. The molecule has 0 bridgehead atoms. The zero-order chi connectivity index (χ0) is 10.7. The van der Waals surface area contributed by atoms with Gasteiger partial charge in [-0.15, -0.1) is 12.4 Å². The van der Waals surface area contributed by atoms with E-state index >= 15 is 0 Å². The molecule has 0 heterocycles. The molecule has 0 saturated carbocycles. The molecule has 0 aromatic heterocycles. The minimum absolute atomic E-state index is 0. The molecular weight excluding hydrogens is 204 g/mol. The Labute approximate surface area is 92.0 Å². The first-order valence-electron chi connectivity index (χ1n) is 4.36. The standard InChI is InChI=1S/C9H20N2O2.ClH/c1-8(2,3)13-7(12)11-6-9(4,5)10;/h6,10H2,1-5H3,(H,11,12);1H. The summed E-state index contributed by atoms with van der Waals surface area (Å²) in [6.07, 6.45) is -0.425. The third-order valence-electron chi connectivity index (χ3n) is 1.09. The van der Waals surface area contributed by atoms with Gasteiger partial charge in [0.2, 0.25) is 0 Å². The Morgan fingerprint density at radius 3 is 2.00 bits per heavy atom. The average Bonchev–Trinajstić information content (AvgIpc) is 1.78. The van der Waals surface area contributed by atoms with Crippen molar-refractivity contribution in [3.63, 3.8) is 0 Å². The number of hydrogen-bond acceptors (Lipinski definition) is 3. The maximum Gasteiger partial charge on any atom is 0.407 e. The fourth-order valence-corrected chi connectivity index (χ4v) is 0.614. The van der Waals surface area contributed by atoms with E-state index in [0.717, 1.165) is 0 Å². The van der Waals surface area contributed by atoms with Crippen LogP contribution >= 0.6 is 12.4 Å². The van der Waals surface area contributed by atoms with Crippen LogP contribution in [0.25, 0.3) is 0 Å². The molecule has 0 rings (SSSR count). The Balaban J connectivity index is 0. The minimum atomic E-state index is -0.456. The van der Waals surface area contributed by atoms with E-state index in [1.807, 2.05) is 34.6 Å². The Morgan fingerprint density at radius 2 is 1.71 bits per heavy atom. The van der Waals surface area contributed by atoms with Crippen LogP contribution in [0.3, 0.4) is 0 Å². The van der Waals surface area contributed by atoms with E-state index in [-0.39, 0.29) is 12.4 Å². The number of amides is 1. The number of nitrogens with one attached hydrogen (secondary N) is 1. The molecule has 0 aliphatic carbocycles. The lowest BCUT2D eigenvalue weighted by atomic mass is 10.1. The number of hydrogen-bond donors (Lipinski definition) is 2. The molecule has 0 aliphatic rings. The first-order chi connectivity index (χ1) is 5.60. The van der Waals surface area contributed by atoms with Gasteiger partial charge in [-0.25, -0.2) is 4.79 Å². The summed E-state index contributed by atoms with van der Waals surface area (Å²) in [4.78, 5) is 11.1. The van der Waals surface area contributed by atoms with Crippen LogP contribution in [0.4, 0.5) is 4.79 Å². The zero-order valence-electron chi connectivity index (χ0n) is 9.51. The maximum atomic E-state index is 11.1. The summed E-state index contributed by atoms with van der Waals surface area (Å²) >= 11 is 0. The zero-order valence-corrected chi connectivity index (χ0v) is 10.3. The van der Waals surface area contributed by atoms with E-state index < -0.39 is 17.2 Å². The average molecular weight is 225 g/mol. The fraction of sp³-hybridized carbons (Fsp3) is 0.889. The van der Waals surface area contributed by atoms with Crippen LogP contribution in [-0.2, 0) is 4.74 Å². The van der Waals surface area contributed by atoms with E-state index in [9.17, 15) is 4.79 Å². The third kappa shape index (κ3) is 11.5. The molecule has 0 atom stereocenters.